The minimum Gasteiger partial charge on any atom is -0.479 e. The van der Waals surface area contributed by atoms with Gasteiger partial charge in [0, 0.05) is 18.0 Å². The van der Waals surface area contributed by atoms with E-state index in [1.165, 1.54) is 19.1 Å². The molecule has 3 aromatic rings. The zero-order valence-electron chi connectivity index (χ0n) is 40.8. The molecule has 1 saturated carbocycles. The molecule has 2 aromatic carbocycles. The number of ether oxygens (including phenoxy) is 8. The van der Waals surface area contributed by atoms with E-state index < -0.39 is 164 Å². The van der Waals surface area contributed by atoms with Gasteiger partial charge >= 0.3 is 11.9 Å². The van der Waals surface area contributed by atoms with E-state index in [-0.39, 0.29) is 55.7 Å². The number of carbonyl (C=O) groups is 3. The number of carbonyl (C=O) groups excluding carboxylic acids is 2. The summed E-state index contributed by atoms with van der Waals surface area (Å²) in [4.78, 5) is 40.1. The van der Waals surface area contributed by atoms with Crippen molar-refractivity contribution in [2.75, 3.05) is 19.8 Å². The molecule has 1 amide bonds. The van der Waals surface area contributed by atoms with Gasteiger partial charge in [0.05, 0.1) is 43.3 Å². The van der Waals surface area contributed by atoms with Crippen LogP contribution < -0.4 is 5.32 Å². The maximum atomic E-state index is 14.1. The Kier molecular flexibility index (Phi) is 19.7. The van der Waals surface area contributed by atoms with Crippen LogP contribution in [0.15, 0.2) is 48.7 Å². The monoisotopic (exact) mass is 1070 g/mol. The molecule has 0 bridgehead atoms. The number of rotatable bonds is 20. The number of aromatic nitrogens is 3. The topological polar surface area (TPSA) is 350 Å². The van der Waals surface area contributed by atoms with Gasteiger partial charge in [0.2, 0.25) is 12.2 Å². The Morgan fingerprint density at radius 2 is 1.53 bits per heavy atom. The number of halogens is 3. The van der Waals surface area contributed by atoms with Gasteiger partial charge in [0.1, 0.15) is 60.6 Å². The maximum absolute atomic E-state index is 14.1. The molecule has 11 unspecified atom stereocenters. The molecule has 7 rings (SSSR count). The van der Waals surface area contributed by atoms with Gasteiger partial charge in [-0.3, -0.25) is 4.79 Å². The highest BCUT2D eigenvalue weighted by Crippen LogP contribution is 2.40. The summed E-state index contributed by atoms with van der Waals surface area (Å²) in [5.74, 6) is -9.23. The first-order valence-corrected chi connectivity index (χ1v) is 24.5. The quantitative estimate of drug-likeness (QED) is 0.0384. The van der Waals surface area contributed by atoms with Crippen molar-refractivity contribution < 1.29 is 111 Å². The Balaban J connectivity index is 1.10. The van der Waals surface area contributed by atoms with Crippen LogP contribution in [0.3, 0.4) is 0 Å². The van der Waals surface area contributed by atoms with E-state index in [2.05, 4.69) is 15.6 Å². The Hall–Kier alpha value is -4.82. The smallest absolute Gasteiger partial charge is 0.338 e. The number of aliphatic hydroxyl groups excluding tert-OH is 8. The molecular weight excluding hydrogens is 1010 g/mol. The molecule has 4 aliphatic rings. The van der Waals surface area contributed by atoms with E-state index in [1.807, 2.05) is 0 Å². The van der Waals surface area contributed by atoms with Crippen molar-refractivity contribution in [1.82, 2.24) is 20.3 Å². The molecule has 20 atom stereocenters. The molecule has 4 heterocycles. The number of carboxylic acids is 1. The summed E-state index contributed by atoms with van der Waals surface area (Å²) >= 11 is 0. The Labute approximate surface area is 426 Å². The molecule has 75 heavy (non-hydrogen) atoms. The SMILES string of the molecule is CCC[C@H](OC1C(OC(=O)c2ccccc2)[C@H](O[C@@H]2CC(C(=O)NCCO[C@H]3OC(CO)[C@@H](O)C(n4cc(-c5cc(F)c(F)c(F)c5)nn4)C3O)C[C@@H](CC)C2O[C@@H]2OC(C)[C@@H](O)C(O)C2O)OC(O)[C@@H]1O)C(=O)O. The van der Waals surface area contributed by atoms with Gasteiger partial charge in [-0.2, -0.15) is 0 Å². The number of amides is 1. The van der Waals surface area contributed by atoms with Crippen LogP contribution >= 0.6 is 0 Å². The molecule has 0 radical (unpaired) electrons. The fourth-order valence-electron chi connectivity index (χ4n) is 9.65. The van der Waals surface area contributed by atoms with Gasteiger partial charge in [-0.25, -0.2) is 27.4 Å². The number of esters is 1. The fourth-order valence-corrected chi connectivity index (χ4v) is 9.65. The number of aliphatic hydroxyl groups is 8. The van der Waals surface area contributed by atoms with Crippen molar-refractivity contribution in [3.05, 3.63) is 71.7 Å². The van der Waals surface area contributed by atoms with E-state index in [0.29, 0.717) is 18.6 Å². The summed E-state index contributed by atoms with van der Waals surface area (Å²) in [5, 5.41) is 107. The molecule has 3 aliphatic heterocycles. The second kappa shape index (κ2) is 25.6. The van der Waals surface area contributed by atoms with Gasteiger partial charge in [-0.15, -0.1) is 5.10 Å². The molecule has 3 saturated heterocycles. The van der Waals surface area contributed by atoms with Crippen LogP contribution in [-0.2, 0) is 47.5 Å². The van der Waals surface area contributed by atoms with Crippen LogP contribution in [0.4, 0.5) is 13.2 Å². The predicted molar refractivity (Wildman–Crippen MR) is 243 cm³/mol. The first kappa shape index (κ1) is 57.9. The van der Waals surface area contributed by atoms with Gasteiger partial charge < -0.3 is 89.2 Å². The zero-order valence-corrected chi connectivity index (χ0v) is 40.8. The first-order valence-electron chi connectivity index (χ1n) is 24.5. The van der Waals surface area contributed by atoms with Gasteiger partial charge in [-0.1, -0.05) is 50.1 Å². The van der Waals surface area contributed by atoms with E-state index in [4.69, 9.17) is 37.9 Å². The lowest BCUT2D eigenvalue weighted by atomic mass is 9.75. The minimum absolute atomic E-state index is 0.0306. The highest BCUT2D eigenvalue weighted by atomic mass is 19.2. The molecule has 4 fully saturated rings. The summed E-state index contributed by atoms with van der Waals surface area (Å²) < 4.78 is 90.1. The lowest BCUT2D eigenvalue weighted by molar-refractivity contribution is -0.370. The molecule has 10 N–H and O–H groups in total. The number of nitrogens with zero attached hydrogens (tertiary/aromatic N) is 3. The van der Waals surface area contributed by atoms with E-state index >= 15 is 0 Å². The molecule has 1 aromatic heterocycles. The third-order valence-corrected chi connectivity index (χ3v) is 13.8. The normalized spacial score (nSPS) is 35.6. The molecule has 24 nitrogen and oxygen atoms in total. The number of nitrogens with one attached hydrogen (secondary N) is 1. The number of carboxylic acid groups (broad SMARTS) is 1. The number of hydrogen-bond donors (Lipinski definition) is 10. The van der Waals surface area contributed by atoms with E-state index in [0.717, 1.165) is 10.9 Å². The van der Waals surface area contributed by atoms with Crippen LogP contribution in [0.1, 0.15) is 69.3 Å². The van der Waals surface area contributed by atoms with Crippen molar-refractivity contribution in [1.29, 1.82) is 0 Å². The molecule has 416 valence electrons. The third kappa shape index (κ3) is 13.1. The largest absolute Gasteiger partial charge is 0.479 e. The number of aliphatic carboxylic acids is 1. The van der Waals surface area contributed by atoms with Gasteiger partial charge in [0.15, 0.2) is 48.5 Å². The van der Waals surface area contributed by atoms with Crippen molar-refractivity contribution in [2.45, 2.75) is 163 Å². The standard InChI is InChI=1S/C48H63F3N4O20/c1-4-9-28(43(64)65)70-40-38(62)45(67)75-48(41(40)73-44(66)22-10-7-6-8-11-22)71-29-17-24(14-21(5-2)39(29)74-47-37(61)36(60)33(57)20(3)69-47)42(63)52-12-13-68-46-35(59)32(34(58)30(19-56)72-46)55-18-27(53-54-55)23-15-25(49)31(51)26(50)16-23/h6-8,10-11,15-16,18,20-21,24,28-30,32-41,45-48,56-62,67H,4-5,9,12-14,17,19H2,1-3H3,(H,52,63)(H,64,65)/t20?,21-,24?,28+,29-,30?,32?,33-,34-,35?,36?,37?,38-,39?,40?,41?,45?,46+,47+,48-/m1/s1. The Morgan fingerprint density at radius 1 is 0.827 bits per heavy atom. The van der Waals surface area contributed by atoms with E-state index in [1.54, 1.807) is 32.0 Å². The second-order valence-electron chi connectivity index (χ2n) is 18.8. The molecule has 0 spiro atoms. The van der Waals surface area contributed by atoms with E-state index in [9.17, 15) is 73.5 Å². The maximum Gasteiger partial charge on any atom is 0.338 e. The molecular formula is C48H63F3N4O20. The number of benzene rings is 2. The van der Waals surface area contributed by atoms with Crippen LogP contribution in [0, 0.1) is 29.3 Å². The first-order chi connectivity index (χ1) is 35.8. The van der Waals surface area contributed by atoms with Crippen molar-refractivity contribution in [2.24, 2.45) is 11.8 Å². The summed E-state index contributed by atoms with van der Waals surface area (Å²) in [6.45, 7) is 3.55. The highest BCUT2D eigenvalue weighted by molar-refractivity contribution is 5.89. The summed E-state index contributed by atoms with van der Waals surface area (Å²) in [5.41, 5.74) is -0.337. The fraction of sp³-hybridized carbons (Fsp3) is 0.646. The van der Waals surface area contributed by atoms with Crippen molar-refractivity contribution in [3.63, 3.8) is 0 Å². The lowest BCUT2D eigenvalue weighted by Crippen LogP contribution is -2.63. The van der Waals surface area contributed by atoms with Gasteiger partial charge in [0.25, 0.3) is 0 Å². The van der Waals surface area contributed by atoms with Crippen LogP contribution in [0.5, 0.6) is 0 Å². The minimum atomic E-state index is -2.11. The van der Waals surface area contributed by atoms with Gasteiger partial charge in [-0.05, 0) is 56.4 Å². The molecule has 27 heteroatoms. The van der Waals surface area contributed by atoms with Crippen LogP contribution in [0.2, 0.25) is 0 Å². The number of hydrogen-bond acceptors (Lipinski definition) is 21. The Morgan fingerprint density at radius 3 is 2.19 bits per heavy atom. The summed E-state index contributed by atoms with van der Waals surface area (Å²) in [6, 6.07) is 7.52. The second-order valence-corrected chi connectivity index (χ2v) is 18.8. The van der Waals surface area contributed by atoms with Crippen molar-refractivity contribution in [3.8, 4) is 11.3 Å². The van der Waals surface area contributed by atoms with Crippen molar-refractivity contribution >= 4 is 17.8 Å². The summed E-state index contributed by atoms with van der Waals surface area (Å²) in [7, 11) is 0. The Bertz CT molecular complexity index is 2360. The summed E-state index contributed by atoms with van der Waals surface area (Å²) in [6.07, 6.45) is -25.9. The average molecular weight is 1070 g/mol. The zero-order chi connectivity index (χ0) is 54.4. The van der Waals surface area contributed by atoms with Crippen LogP contribution in [-0.4, -0.2) is 203 Å². The predicted octanol–water partition coefficient (Wildman–Crippen LogP) is -0.591. The third-order valence-electron chi connectivity index (χ3n) is 13.8. The molecule has 1 aliphatic carbocycles. The average Bonchev–Trinajstić information content (AvgIpc) is 3.88. The van der Waals surface area contributed by atoms with Crippen LogP contribution in [0.25, 0.3) is 11.3 Å². The lowest BCUT2D eigenvalue weighted by Gasteiger charge is -2.48. The highest BCUT2D eigenvalue weighted by Gasteiger charge is 2.54.